The molecule has 0 spiro atoms. The molecular weight excluding hydrogens is 520 g/mol. The van der Waals surface area contributed by atoms with E-state index in [-0.39, 0.29) is 0 Å². The molecule has 0 bridgehead atoms. The van der Waals surface area contributed by atoms with E-state index in [1.165, 1.54) is 12.8 Å². The second kappa shape index (κ2) is 8.24. The number of fused-ring (bicyclic) bond motifs is 5. The van der Waals surface area contributed by atoms with Crippen LogP contribution in [-0.4, -0.2) is 42.0 Å². The number of piperidine rings is 2. The Hall–Kier alpha value is -4.14. The van der Waals surface area contributed by atoms with Gasteiger partial charge in [0.15, 0.2) is 0 Å². The van der Waals surface area contributed by atoms with Gasteiger partial charge in [-0.25, -0.2) is 15.0 Å². The summed E-state index contributed by atoms with van der Waals surface area (Å²) in [5.41, 5.74) is 10.1. The van der Waals surface area contributed by atoms with Gasteiger partial charge >= 0.3 is 0 Å². The third-order valence-corrected chi connectivity index (χ3v) is 10.8. The number of nitrogens with zero attached hydrogens (tertiary/aromatic N) is 4. The zero-order valence-corrected chi connectivity index (χ0v) is 23.6. The Morgan fingerprint density at radius 3 is 1.74 bits per heavy atom. The first-order valence-electron chi connectivity index (χ1n) is 15.3. The predicted molar refractivity (Wildman–Crippen MR) is 164 cm³/mol. The lowest BCUT2D eigenvalue weighted by Gasteiger charge is -2.11. The highest BCUT2D eigenvalue weighted by atomic mass is 15.1. The van der Waals surface area contributed by atoms with Crippen molar-refractivity contribution < 1.29 is 0 Å². The van der Waals surface area contributed by atoms with Crippen molar-refractivity contribution in [2.24, 2.45) is 23.7 Å². The van der Waals surface area contributed by atoms with E-state index in [0.29, 0.717) is 24.2 Å². The van der Waals surface area contributed by atoms with E-state index < -0.39 is 0 Å². The Balaban J connectivity index is 0.919. The molecule has 2 saturated carbocycles. The van der Waals surface area contributed by atoms with E-state index in [0.717, 1.165) is 90.8 Å². The van der Waals surface area contributed by atoms with Gasteiger partial charge < -0.3 is 20.6 Å². The SMILES string of the molecule is C[C@@H]1[C@@H]2C[C@@H](c3nc4ccc(-c5ccc6nc(-c7ccc8nc([C@@H]9C[C@H]%10[C@@H](C)[C@H]%10N9)[nH]c8c7)cnc6c5)cc4[nH]3)N[C@H]12. The van der Waals surface area contributed by atoms with Gasteiger partial charge in [0.25, 0.3) is 0 Å². The van der Waals surface area contributed by atoms with Gasteiger partial charge in [0.2, 0.25) is 0 Å². The predicted octanol–water partition coefficient (Wildman–Crippen LogP) is 6.05. The van der Waals surface area contributed by atoms with Gasteiger partial charge in [-0.15, -0.1) is 0 Å². The van der Waals surface area contributed by atoms with Gasteiger partial charge in [0, 0.05) is 17.6 Å². The quantitative estimate of drug-likeness (QED) is 0.212. The molecule has 3 aromatic heterocycles. The van der Waals surface area contributed by atoms with E-state index >= 15 is 0 Å². The Bertz CT molecular complexity index is 1890. The number of aromatic nitrogens is 6. The molecule has 6 aromatic rings. The minimum absolute atomic E-state index is 0.330. The Kier molecular flexibility index (Phi) is 4.59. The molecule has 8 nitrogen and oxygen atoms in total. The summed E-state index contributed by atoms with van der Waals surface area (Å²) < 4.78 is 0. The molecular formula is C34H32N8. The molecule has 5 heterocycles. The third-order valence-electron chi connectivity index (χ3n) is 10.8. The highest BCUT2D eigenvalue weighted by molar-refractivity contribution is 5.87. The Morgan fingerprint density at radius 1 is 0.595 bits per heavy atom. The zero-order chi connectivity index (χ0) is 27.7. The van der Waals surface area contributed by atoms with Gasteiger partial charge in [-0.05, 0) is 84.0 Å². The summed E-state index contributed by atoms with van der Waals surface area (Å²) in [6, 6.07) is 21.1. The van der Waals surface area contributed by atoms with Crippen molar-refractivity contribution in [3.8, 4) is 22.4 Å². The smallest absolute Gasteiger partial charge is 0.124 e. The lowest BCUT2D eigenvalue weighted by molar-refractivity contribution is 0.499. The van der Waals surface area contributed by atoms with E-state index in [1.807, 2.05) is 6.20 Å². The van der Waals surface area contributed by atoms with Crippen molar-refractivity contribution in [3.05, 3.63) is 72.4 Å². The van der Waals surface area contributed by atoms with Gasteiger partial charge in [0.1, 0.15) is 11.6 Å². The number of hydrogen-bond donors (Lipinski definition) is 4. The van der Waals surface area contributed by atoms with Crippen molar-refractivity contribution in [3.63, 3.8) is 0 Å². The molecule has 4 N–H and O–H groups in total. The second-order valence-corrected chi connectivity index (χ2v) is 13.2. The zero-order valence-electron chi connectivity index (χ0n) is 23.6. The van der Waals surface area contributed by atoms with Crippen LogP contribution in [0.1, 0.15) is 50.4 Å². The summed E-state index contributed by atoms with van der Waals surface area (Å²) in [4.78, 5) is 26.7. The molecule has 2 aliphatic heterocycles. The summed E-state index contributed by atoms with van der Waals surface area (Å²) in [5, 5.41) is 7.49. The van der Waals surface area contributed by atoms with Crippen molar-refractivity contribution >= 4 is 33.1 Å². The van der Waals surface area contributed by atoms with Crippen LogP contribution in [0.4, 0.5) is 0 Å². The average molecular weight is 553 g/mol. The van der Waals surface area contributed by atoms with Crippen LogP contribution in [0.5, 0.6) is 0 Å². The maximum absolute atomic E-state index is 4.98. The number of hydrogen-bond acceptors (Lipinski definition) is 6. The Labute approximate surface area is 242 Å². The molecule has 0 amide bonds. The molecule has 2 aliphatic carbocycles. The number of H-pyrrole nitrogens is 2. The highest BCUT2D eigenvalue weighted by Crippen LogP contribution is 2.51. The van der Waals surface area contributed by atoms with E-state index in [2.05, 4.69) is 89.0 Å². The number of rotatable bonds is 4. The summed E-state index contributed by atoms with van der Waals surface area (Å²) in [6.45, 7) is 4.67. The standard InChI is InChI=1S/C34H32N8/c1-15-20-12-28(37-31(15)20)33-39-23-7-4-18(10-26(23)41-33)17-3-6-22-25(9-17)35-14-30(36-22)19-5-8-24-27(11-19)42-34(40-24)29-13-21-16(2)32(21)38-29/h3-11,14-16,20-21,28-29,31-32,37-38H,12-13H2,1-2H3,(H,39,41)(H,40,42)/t15-,16-,20+,21+,28+,29+,31-,32-/m1/s1. The molecule has 4 fully saturated rings. The van der Waals surface area contributed by atoms with E-state index in [9.17, 15) is 0 Å². The van der Waals surface area contributed by atoms with Gasteiger partial charge in [-0.3, -0.25) is 4.98 Å². The largest absolute Gasteiger partial charge is 0.341 e. The first kappa shape index (κ1) is 23.4. The molecule has 8 atom stereocenters. The molecule has 2 saturated heterocycles. The van der Waals surface area contributed by atoms with Crippen molar-refractivity contribution in [1.29, 1.82) is 0 Å². The maximum Gasteiger partial charge on any atom is 0.124 e. The summed E-state index contributed by atoms with van der Waals surface area (Å²) >= 11 is 0. The normalized spacial score (nSPS) is 31.2. The van der Waals surface area contributed by atoms with Crippen LogP contribution >= 0.6 is 0 Å². The summed E-state index contributed by atoms with van der Waals surface area (Å²) in [5.74, 6) is 5.34. The van der Waals surface area contributed by atoms with Crippen molar-refractivity contribution in [2.75, 3.05) is 0 Å². The van der Waals surface area contributed by atoms with Crippen LogP contribution in [-0.2, 0) is 0 Å². The van der Waals surface area contributed by atoms with Crippen LogP contribution in [0, 0.1) is 23.7 Å². The molecule has 42 heavy (non-hydrogen) atoms. The minimum atomic E-state index is 0.330. The molecule has 10 rings (SSSR count). The number of imidazole rings is 2. The molecule has 0 radical (unpaired) electrons. The maximum atomic E-state index is 4.98. The van der Waals surface area contributed by atoms with Crippen LogP contribution in [0.2, 0.25) is 0 Å². The van der Waals surface area contributed by atoms with E-state index in [1.54, 1.807) is 0 Å². The van der Waals surface area contributed by atoms with Crippen LogP contribution in [0.25, 0.3) is 55.5 Å². The molecule has 3 aromatic carbocycles. The fourth-order valence-electron chi connectivity index (χ4n) is 7.95. The second-order valence-electron chi connectivity index (χ2n) is 13.2. The first-order valence-corrected chi connectivity index (χ1v) is 15.3. The van der Waals surface area contributed by atoms with E-state index in [4.69, 9.17) is 19.9 Å². The lowest BCUT2D eigenvalue weighted by atomic mass is 10.0. The van der Waals surface area contributed by atoms with Crippen molar-refractivity contribution in [2.45, 2.75) is 50.9 Å². The number of nitrogens with one attached hydrogen (secondary N) is 4. The summed E-state index contributed by atoms with van der Waals surface area (Å²) in [7, 11) is 0. The first-order chi connectivity index (χ1) is 20.6. The van der Waals surface area contributed by atoms with Crippen LogP contribution < -0.4 is 10.6 Å². The average Bonchev–Trinajstić information content (AvgIpc) is 3.54. The van der Waals surface area contributed by atoms with Gasteiger partial charge in [-0.1, -0.05) is 32.0 Å². The van der Waals surface area contributed by atoms with Gasteiger partial charge in [-0.2, -0.15) is 0 Å². The summed E-state index contributed by atoms with van der Waals surface area (Å²) in [6.07, 6.45) is 4.23. The number of benzene rings is 3. The highest BCUT2D eigenvalue weighted by Gasteiger charge is 2.54. The fourth-order valence-corrected chi connectivity index (χ4v) is 7.95. The van der Waals surface area contributed by atoms with Gasteiger partial charge in [0.05, 0.1) is 57.1 Å². The van der Waals surface area contributed by atoms with Crippen molar-refractivity contribution in [1.82, 2.24) is 40.5 Å². The molecule has 208 valence electrons. The monoisotopic (exact) mass is 552 g/mol. The topological polar surface area (TPSA) is 107 Å². The Morgan fingerprint density at radius 2 is 1.14 bits per heavy atom. The van der Waals surface area contributed by atoms with Crippen LogP contribution in [0.15, 0.2) is 60.8 Å². The lowest BCUT2D eigenvalue weighted by Crippen LogP contribution is -2.20. The van der Waals surface area contributed by atoms with Crippen LogP contribution in [0.3, 0.4) is 0 Å². The fraction of sp³-hybridized carbons (Fsp3) is 0.353. The molecule has 0 unspecified atom stereocenters. The molecule has 4 aliphatic rings. The number of aromatic amines is 2. The molecule has 8 heteroatoms. The minimum Gasteiger partial charge on any atom is -0.341 e. The third kappa shape index (κ3) is 3.48.